The van der Waals surface area contributed by atoms with Gasteiger partial charge < -0.3 is 5.32 Å². The van der Waals surface area contributed by atoms with Crippen LogP contribution in [0.5, 0.6) is 0 Å². The SMILES string of the molecule is O=C(/C(Cl)=C\Nc1ccc(SC(F)F)cc1)C(F)(F)F. The topological polar surface area (TPSA) is 29.1 Å². The molecule has 110 valence electrons. The third-order valence-electron chi connectivity index (χ3n) is 1.92. The van der Waals surface area contributed by atoms with Crippen molar-refractivity contribution in [2.75, 3.05) is 5.32 Å². The zero-order valence-electron chi connectivity index (χ0n) is 9.55. The van der Waals surface area contributed by atoms with E-state index in [0.717, 1.165) is 0 Å². The Morgan fingerprint density at radius 1 is 1.25 bits per heavy atom. The van der Waals surface area contributed by atoms with E-state index >= 15 is 0 Å². The highest BCUT2D eigenvalue weighted by Crippen LogP contribution is 2.26. The summed E-state index contributed by atoms with van der Waals surface area (Å²) in [6, 6.07) is 5.44. The number of thioether (sulfide) groups is 1. The Hall–Kier alpha value is -1.28. The standard InChI is InChI=1S/C11H7ClF5NOS/c12-8(9(19)11(15,16)17)5-18-6-1-3-7(4-2-6)20-10(13)14/h1-5,10,18H/b8-5+. The molecule has 1 N–H and O–H groups in total. The Bertz CT molecular complexity index is 501. The van der Waals surface area contributed by atoms with Crippen molar-refractivity contribution in [2.24, 2.45) is 0 Å². The molecule has 1 rings (SSSR count). The first-order valence-corrected chi connectivity index (χ1v) is 6.24. The normalized spacial score (nSPS) is 12.7. The molecule has 0 saturated heterocycles. The first-order valence-electron chi connectivity index (χ1n) is 4.99. The van der Waals surface area contributed by atoms with Crippen molar-refractivity contribution in [1.82, 2.24) is 0 Å². The van der Waals surface area contributed by atoms with E-state index in [1.807, 2.05) is 0 Å². The van der Waals surface area contributed by atoms with E-state index in [9.17, 15) is 26.7 Å². The highest BCUT2D eigenvalue weighted by molar-refractivity contribution is 7.99. The van der Waals surface area contributed by atoms with Gasteiger partial charge in [-0.15, -0.1) is 0 Å². The van der Waals surface area contributed by atoms with Crippen LogP contribution >= 0.6 is 23.4 Å². The largest absolute Gasteiger partial charge is 0.455 e. The second-order valence-corrected chi connectivity index (χ2v) is 4.84. The van der Waals surface area contributed by atoms with Gasteiger partial charge in [-0.3, -0.25) is 4.79 Å². The van der Waals surface area contributed by atoms with Crippen LogP contribution < -0.4 is 5.32 Å². The second kappa shape index (κ2) is 6.94. The molecule has 2 nitrogen and oxygen atoms in total. The molecular formula is C11H7ClF5NOS. The molecule has 0 radical (unpaired) electrons. The Morgan fingerprint density at radius 3 is 2.25 bits per heavy atom. The van der Waals surface area contributed by atoms with E-state index in [0.29, 0.717) is 28.5 Å². The average molecular weight is 332 g/mol. The van der Waals surface area contributed by atoms with Crippen LogP contribution in [0, 0.1) is 0 Å². The monoisotopic (exact) mass is 331 g/mol. The number of carbonyl (C=O) groups is 1. The van der Waals surface area contributed by atoms with Crippen molar-refractivity contribution in [3.05, 3.63) is 35.5 Å². The van der Waals surface area contributed by atoms with E-state index in [2.05, 4.69) is 5.32 Å². The van der Waals surface area contributed by atoms with Gasteiger partial charge in [0.1, 0.15) is 5.03 Å². The van der Waals surface area contributed by atoms with Gasteiger partial charge >= 0.3 is 6.18 Å². The number of benzene rings is 1. The lowest BCUT2D eigenvalue weighted by atomic mass is 10.3. The van der Waals surface area contributed by atoms with E-state index in [1.165, 1.54) is 24.3 Å². The lowest BCUT2D eigenvalue weighted by Crippen LogP contribution is -2.23. The molecule has 0 unspecified atom stereocenters. The number of ketones is 1. The van der Waals surface area contributed by atoms with Gasteiger partial charge in [0.15, 0.2) is 0 Å². The highest BCUT2D eigenvalue weighted by Gasteiger charge is 2.40. The van der Waals surface area contributed by atoms with Gasteiger partial charge in [-0.05, 0) is 24.3 Å². The summed E-state index contributed by atoms with van der Waals surface area (Å²) in [6.07, 6.45) is -4.36. The summed E-state index contributed by atoms with van der Waals surface area (Å²) >= 11 is 5.53. The van der Waals surface area contributed by atoms with Crippen molar-refractivity contribution >= 4 is 34.8 Å². The summed E-state index contributed by atoms with van der Waals surface area (Å²) in [5.74, 6) is -4.73. The minimum atomic E-state index is -5.05. The molecule has 0 heterocycles. The second-order valence-electron chi connectivity index (χ2n) is 3.37. The molecule has 1 aromatic carbocycles. The van der Waals surface area contributed by atoms with Crippen LogP contribution in [0.2, 0.25) is 0 Å². The molecule has 0 saturated carbocycles. The third kappa shape index (κ3) is 5.38. The van der Waals surface area contributed by atoms with Crippen LogP contribution in [-0.2, 0) is 4.79 Å². The van der Waals surface area contributed by atoms with Crippen molar-refractivity contribution in [3.8, 4) is 0 Å². The third-order valence-corrected chi connectivity index (χ3v) is 2.92. The van der Waals surface area contributed by atoms with Crippen LogP contribution in [0.3, 0.4) is 0 Å². The molecule has 0 aromatic heterocycles. The molecule has 0 aliphatic heterocycles. The molecule has 20 heavy (non-hydrogen) atoms. The summed E-state index contributed by atoms with van der Waals surface area (Å²) in [5, 5.41) is 1.34. The van der Waals surface area contributed by atoms with Gasteiger partial charge in [0, 0.05) is 16.8 Å². The number of halogens is 6. The number of anilines is 1. The minimum absolute atomic E-state index is 0.298. The van der Waals surface area contributed by atoms with E-state index in [-0.39, 0.29) is 0 Å². The van der Waals surface area contributed by atoms with Crippen LogP contribution in [0.25, 0.3) is 0 Å². The maximum Gasteiger partial charge on any atom is 0.455 e. The molecule has 0 aliphatic rings. The maximum atomic E-state index is 12.1. The van der Waals surface area contributed by atoms with Crippen LogP contribution in [-0.4, -0.2) is 17.7 Å². The molecule has 0 atom stereocenters. The molecule has 0 amide bonds. The van der Waals surface area contributed by atoms with Crippen molar-refractivity contribution in [1.29, 1.82) is 0 Å². The predicted molar refractivity (Wildman–Crippen MR) is 66.9 cm³/mol. The van der Waals surface area contributed by atoms with Gasteiger partial charge in [0.05, 0.1) is 0 Å². The number of carbonyl (C=O) groups excluding carboxylic acids is 1. The number of hydrogen-bond acceptors (Lipinski definition) is 3. The summed E-state index contributed by atoms with van der Waals surface area (Å²) in [6.45, 7) is 0. The molecular weight excluding hydrogens is 325 g/mol. The average Bonchev–Trinajstić information content (AvgIpc) is 2.35. The van der Waals surface area contributed by atoms with Crippen molar-refractivity contribution in [2.45, 2.75) is 16.8 Å². The quantitative estimate of drug-likeness (QED) is 0.485. The zero-order chi connectivity index (χ0) is 15.3. The van der Waals surface area contributed by atoms with E-state index in [1.54, 1.807) is 0 Å². The lowest BCUT2D eigenvalue weighted by Gasteiger charge is -2.06. The smallest absolute Gasteiger partial charge is 0.360 e. The van der Waals surface area contributed by atoms with Crippen LogP contribution in [0.4, 0.5) is 27.6 Å². The van der Waals surface area contributed by atoms with Crippen LogP contribution in [0.15, 0.2) is 40.4 Å². The minimum Gasteiger partial charge on any atom is -0.360 e. The van der Waals surface area contributed by atoms with Crippen LogP contribution in [0.1, 0.15) is 0 Å². The van der Waals surface area contributed by atoms with Gasteiger partial charge in [-0.1, -0.05) is 23.4 Å². The summed E-state index contributed by atoms with van der Waals surface area (Å²) in [4.78, 5) is 11.0. The molecule has 0 bridgehead atoms. The van der Waals surface area contributed by atoms with Crippen molar-refractivity contribution in [3.63, 3.8) is 0 Å². The summed E-state index contributed by atoms with van der Waals surface area (Å²) in [5.41, 5.74) is 0.303. The Labute approximate surface area is 120 Å². The molecule has 9 heteroatoms. The fourth-order valence-electron chi connectivity index (χ4n) is 1.08. The molecule has 0 fully saturated rings. The molecule has 1 aromatic rings. The number of nitrogens with one attached hydrogen (secondary N) is 1. The first kappa shape index (κ1) is 16.8. The van der Waals surface area contributed by atoms with Gasteiger partial charge in [-0.2, -0.15) is 22.0 Å². The number of alkyl halides is 5. The van der Waals surface area contributed by atoms with E-state index in [4.69, 9.17) is 11.6 Å². The number of rotatable bonds is 5. The van der Waals surface area contributed by atoms with Gasteiger partial charge in [0.2, 0.25) is 0 Å². The van der Waals surface area contributed by atoms with E-state index < -0.39 is 22.7 Å². The summed E-state index contributed by atoms with van der Waals surface area (Å²) in [7, 11) is 0. The zero-order valence-corrected chi connectivity index (χ0v) is 11.1. The Morgan fingerprint density at radius 2 is 1.80 bits per heavy atom. The first-order chi connectivity index (χ1) is 9.20. The van der Waals surface area contributed by atoms with Gasteiger partial charge in [-0.25, -0.2) is 0 Å². The Balaban J connectivity index is 2.68. The number of hydrogen-bond donors (Lipinski definition) is 1. The Kier molecular flexibility index (Phi) is 5.82. The lowest BCUT2D eigenvalue weighted by molar-refractivity contribution is -0.165. The summed E-state index contributed by atoms with van der Waals surface area (Å²) < 4.78 is 60.2. The fourth-order valence-corrected chi connectivity index (χ4v) is 1.74. The fraction of sp³-hybridized carbons (Fsp3) is 0.182. The molecule has 0 aliphatic carbocycles. The highest BCUT2D eigenvalue weighted by atomic mass is 35.5. The number of Topliss-reactive ketones (excluding diaryl/α,β-unsaturated/α-hetero) is 1. The number of allylic oxidation sites excluding steroid dienone is 1. The van der Waals surface area contributed by atoms with Gasteiger partial charge in [0.25, 0.3) is 11.5 Å². The predicted octanol–water partition coefficient (Wildman–Crippen LogP) is 4.62. The molecule has 0 spiro atoms. The van der Waals surface area contributed by atoms with Crippen molar-refractivity contribution < 1.29 is 26.7 Å². The maximum absolute atomic E-state index is 12.1.